The molecule has 0 amide bonds. The molecule has 0 fully saturated rings. The molecule has 2 aromatic heterocycles. The van der Waals surface area contributed by atoms with Crippen molar-refractivity contribution in [1.82, 2.24) is 9.97 Å². The first-order valence-corrected chi connectivity index (χ1v) is 4.75. The summed E-state index contributed by atoms with van der Waals surface area (Å²) in [4.78, 5) is 7.96. The lowest BCUT2D eigenvalue weighted by Gasteiger charge is -2.04. The second-order valence-corrected chi connectivity index (χ2v) is 3.37. The number of hydrogen-bond donors (Lipinski definition) is 0. The Bertz CT molecular complexity index is 419. The van der Waals surface area contributed by atoms with E-state index in [4.69, 9.17) is 4.74 Å². The number of rotatable bonds is 2. The molecule has 0 N–H and O–H groups in total. The topological polar surface area (TPSA) is 35.0 Å². The van der Waals surface area contributed by atoms with Gasteiger partial charge in [-0.3, -0.25) is 4.98 Å². The summed E-state index contributed by atoms with van der Waals surface area (Å²) in [5.41, 5.74) is 0. The van der Waals surface area contributed by atoms with Gasteiger partial charge in [0.2, 0.25) is 5.88 Å². The monoisotopic (exact) mass is 249 g/mol. The Balaban J connectivity index is 2.24. The van der Waals surface area contributed by atoms with Crippen molar-refractivity contribution in [2.75, 3.05) is 0 Å². The van der Waals surface area contributed by atoms with Crippen LogP contribution in [0, 0.1) is 6.07 Å². The molecule has 14 heavy (non-hydrogen) atoms. The van der Waals surface area contributed by atoms with Gasteiger partial charge in [0.1, 0.15) is 5.75 Å². The van der Waals surface area contributed by atoms with Gasteiger partial charge in [-0.05, 0) is 34.1 Å². The second kappa shape index (κ2) is 4.19. The first-order valence-electron chi connectivity index (χ1n) is 3.96. The maximum Gasteiger partial charge on any atom is 0.233 e. The molecule has 0 saturated heterocycles. The molecule has 0 saturated carbocycles. The van der Waals surface area contributed by atoms with E-state index >= 15 is 0 Å². The van der Waals surface area contributed by atoms with Crippen LogP contribution < -0.4 is 4.74 Å². The molecule has 0 bridgehead atoms. The van der Waals surface area contributed by atoms with E-state index < -0.39 is 0 Å². The number of hydrogen-bond acceptors (Lipinski definition) is 3. The summed E-state index contributed by atoms with van der Waals surface area (Å²) in [5, 5.41) is 0. The fourth-order valence-corrected chi connectivity index (χ4v) is 1.24. The van der Waals surface area contributed by atoms with Crippen LogP contribution >= 0.6 is 15.9 Å². The molecule has 0 aliphatic heterocycles. The highest BCUT2D eigenvalue weighted by Crippen LogP contribution is 2.25. The van der Waals surface area contributed by atoms with Crippen molar-refractivity contribution >= 4 is 15.9 Å². The van der Waals surface area contributed by atoms with E-state index in [0.29, 0.717) is 11.6 Å². The normalized spacial score (nSPS) is 9.79. The highest BCUT2D eigenvalue weighted by Gasteiger charge is 2.02. The van der Waals surface area contributed by atoms with Crippen molar-refractivity contribution in [3.63, 3.8) is 0 Å². The van der Waals surface area contributed by atoms with Crippen LogP contribution in [-0.2, 0) is 0 Å². The van der Waals surface area contributed by atoms with Crippen LogP contribution in [0.5, 0.6) is 11.6 Å². The minimum absolute atomic E-state index is 0.511. The van der Waals surface area contributed by atoms with Crippen LogP contribution in [0.25, 0.3) is 0 Å². The van der Waals surface area contributed by atoms with Crippen molar-refractivity contribution in [3.05, 3.63) is 47.3 Å². The number of aromatic nitrogens is 2. The first kappa shape index (κ1) is 9.15. The fourth-order valence-electron chi connectivity index (χ4n) is 0.924. The van der Waals surface area contributed by atoms with E-state index in [1.54, 1.807) is 30.7 Å². The van der Waals surface area contributed by atoms with Crippen molar-refractivity contribution in [1.29, 1.82) is 0 Å². The summed E-state index contributed by atoms with van der Waals surface area (Å²) in [5.74, 6) is 1.17. The number of nitrogens with zero attached hydrogens (tertiary/aromatic N) is 2. The predicted octanol–water partition coefficient (Wildman–Crippen LogP) is 2.83. The molecule has 0 aliphatic rings. The Morgan fingerprint density at radius 2 is 2.36 bits per heavy atom. The van der Waals surface area contributed by atoms with E-state index in [1.807, 2.05) is 6.07 Å². The largest absolute Gasteiger partial charge is 0.436 e. The summed E-state index contributed by atoms with van der Waals surface area (Å²) in [6, 6.07) is 8.20. The predicted molar refractivity (Wildman–Crippen MR) is 55.1 cm³/mol. The molecule has 69 valence electrons. The second-order valence-electron chi connectivity index (χ2n) is 2.51. The first-order chi connectivity index (χ1) is 6.86. The van der Waals surface area contributed by atoms with Gasteiger partial charge in [0.05, 0.1) is 10.7 Å². The highest BCUT2D eigenvalue weighted by atomic mass is 79.9. The Morgan fingerprint density at radius 1 is 1.43 bits per heavy atom. The third-order valence-electron chi connectivity index (χ3n) is 1.52. The van der Waals surface area contributed by atoms with Gasteiger partial charge in [-0.25, -0.2) is 4.98 Å². The minimum atomic E-state index is 0.511. The number of ether oxygens (including phenoxy) is 1. The maximum atomic E-state index is 5.47. The summed E-state index contributed by atoms with van der Waals surface area (Å²) in [7, 11) is 0. The highest BCUT2D eigenvalue weighted by molar-refractivity contribution is 9.10. The molecule has 2 rings (SSSR count). The molecule has 0 aliphatic carbocycles. The average Bonchev–Trinajstić information content (AvgIpc) is 2.23. The summed E-state index contributed by atoms with van der Waals surface area (Å²) in [6.07, 6.45) is 4.87. The van der Waals surface area contributed by atoms with Crippen LogP contribution in [0.15, 0.2) is 41.3 Å². The van der Waals surface area contributed by atoms with Gasteiger partial charge >= 0.3 is 0 Å². The Kier molecular flexibility index (Phi) is 2.74. The quantitative estimate of drug-likeness (QED) is 0.821. The minimum Gasteiger partial charge on any atom is -0.436 e. The third-order valence-corrected chi connectivity index (χ3v) is 2.09. The molecule has 3 nitrogen and oxygen atoms in total. The molecule has 0 spiro atoms. The number of halogens is 1. The summed E-state index contributed by atoms with van der Waals surface area (Å²) >= 11 is 3.31. The van der Waals surface area contributed by atoms with Crippen LogP contribution in [0.3, 0.4) is 0 Å². The van der Waals surface area contributed by atoms with Crippen molar-refractivity contribution in [2.45, 2.75) is 0 Å². The molecule has 1 radical (unpaired) electrons. The van der Waals surface area contributed by atoms with Gasteiger partial charge in [-0.1, -0.05) is 0 Å². The zero-order valence-corrected chi connectivity index (χ0v) is 8.73. The van der Waals surface area contributed by atoms with E-state index in [9.17, 15) is 0 Å². The SMILES string of the molecule is Brc1c[c]cnc1Oc1cccnc1. The molecule has 2 heterocycles. The van der Waals surface area contributed by atoms with Gasteiger partial charge in [0, 0.05) is 18.5 Å². The lowest BCUT2D eigenvalue weighted by atomic mass is 10.4. The molecule has 2 aromatic rings. The van der Waals surface area contributed by atoms with Crippen molar-refractivity contribution in [3.8, 4) is 11.6 Å². The molecule has 0 aromatic carbocycles. The maximum absolute atomic E-state index is 5.47. The lowest BCUT2D eigenvalue weighted by molar-refractivity contribution is 0.457. The molecule has 0 atom stereocenters. The zero-order valence-electron chi connectivity index (χ0n) is 7.14. The van der Waals surface area contributed by atoms with Gasteiger partial charge in [-0.2, -0.15) is 0 Å². The van der Waals surface area contributed by atoms with E-state index in [0.717, 1.165) is 4.47 Å². The Hall–Kier alpha value is -1.42. The van der Waals surface area contributed by atoms with Crippen molar-refractivity contribution < 1.29 is 4.74 Å². The van der Waals surface area contributed by atoms with Gasteiger partial charge in [0.25, 0.3) is 0 Å². The van der Waals surface area contributed by atoms with Gasteiger partial charge in [0.15, 0.2) is 0 Å². The average molecular weight is 250 g/mol. The summed E-state index contributed by atoms with van der Waals surface area (Å²) in [6.45, 7) is 0. The Labute approximate surface area is 89.9 Å². The molecular weight excluding hydrogens is 244 g/mol. The van der Waals surface area contributed by atoms with Gasteiger partial charge < -0.3 is 4.74 Å². The smallest absolute Gasteiger partial charge is 0.233 e. The standard InChI is InChI=1S/C10H6BrN2O/c11-9-4-2-6-13-10(9)14-8-3-1-5-12-7-8/h1,3-7H. The Morgan fingerprint density at radius 3 is 3.07 bits per heavy atom. The van der Waals surface area contributed by atoms with E-state index in [-0.39, 0.29) is 0 Å². The third kappa shape index (κ3) is 2.09. The van der Waals surface area contributed by atoms with Crippen molar-refractivity contribution in [2.24, 2.45) is 0 Å². The molecule has 0 unspecified atom stereocenters. The van der Waals surface area contributed by atoms with Crippen LogP contribution in [0.4, 0.5) is 0 Å². The lowest BCUT2D eigenvalue weighted by Crippen LogP contribution is -1.88. The van der Waals surface area contributed by atoms with Crippen LogP contribution in [-0.4, -0.2) is 9.97 Å². The van der Waals surface area contributed by atoms with E-state index in [1.165, 1.54) is 0 Å². The summed E-state index contributed by atoms with van der Waals surface area (Å²) < 4.78 is 6.24. The number of pyridine rings is 2. The zero-order chi connectivity index (χ0) is 9.80. The fraction of sp³-hybridized carbons (Fsp3) is 0. The molecule has 4 heteroatoms. The van der Waals surface area contributed by atoms with Crippen LogP contribution in [0.2, 0.25) is 0 Å². The molecular formula is C10H6BrN2O. The van der Waals surface area contributed by atoms with Crippen LogP contribution in [0.1, 0.15) is 0 Å². The van der Waals surface area contributed by atoms with E-state index in [2.05, 4.69) is 32.0 Å². The van der Waals surface area contributed by atoms with Gasteiger partial charge in [-0.15, -0.1) is 0 Å².